The number of aliphatic carboxylic acids is 1. The molecule has 7 nitrogen and oxygen atoms in total. The van der Waals surface area contributed by atoms with Crippen LogP contribution in [0, 0.1) is 6.92 Å². The molecule has 0 radical (unpaired) electrons. The molecule has 0 aliphatic heterocycles. The number of benzene rings is 1. The molecular formula is C14H19N3O4. The molecule has 0 bridgehead atoms. The smallest absolute Gasteiger partial charge is 0.305 e. The lowest BCUT2D eigenvalue weighted by Crippen LogP contribution is -2.44. The van der Waals surface area contributed by atoms with Crippen LogP contribution in [0.4, 0.5) is 0 Å². The van der Waals surface area contributed by atoms with Gasteiger partial charge in [0.1, 0.15) is 0 Å². The van der Waals surface area contributed by atoms with Crippen molar-refractivity contribution in [2.24, 2.45) is 5.73 Å². The molecule has 1 rings (SSSR count). The molecule has 0 aliphatic rings. The molecule has 0 aromatic heterocycles. The van der Waals surface area contributed by atoms with Gasteiger partial charge in [-0.1, -0.05) is 17.7 Å². The van der Waals surface area contributed by atoms with Crippen LogP contribution in [-0.2, 0) is 9.59 Å². The van der Waals surface area contributed by atoms with Gasteiger partial charge in [-0.2, -0.15) is 0 Å². The molecular weight excluding hydrogens is 274 g/mol. The average molecular weight is 293 g/mol. The summed E-state index contributed by atoms with van der Waals surface area (Å²) in [5.74, 6) is -1.92. The Hall–Kier alpha value is -2.41. The molecule has 5 N–H and O–H groups in total. The SMILES string of the molecule is Cc1ccc(C(=O)NCCNC(=O)C(N)CC(=O)O)cc1. The molecule has 0 spiro atoms. The first-order valence-electron chi connectivity index (χ1n) is 6.50. The summed E-state index contributed by atoms with van der Waals surface area (Å²) in [6.45, 7) is 2.35. The van der Waals surface area contributed by atoms with E-state index in [1.54, 1.807) is 12.1 Å². The quantitative estimate of drug-likeness (QED) is 0.512. The number of nitrogens with two attached hydrogens (primary N) is 1. The molecule has 21 heavy (non-hydrogen) atoms. The van der Waals surface area contributed by atoms with Gasteiger partial charge >= 0.3 is 5.97 Å². The second-order valence-corrected chi connectivity index (χ2v) is 4.62. The molecule has 0 saturated carbocycles. The van der Waals surface area contributed by atoms with Gasteiger partial charge in [-0.05, 0) is 19.1 Å². The van der Waals surface area contributed by atoms with Crippen molar-refractivity contribution < 1.29 is 19.5 Å². The molecule has 1 unspecified atom stereocenters. The van der Waals surface area contributed by atoms with E-state index in [9.17, 15) is 14.4 Å². The van der Waals surface area contributed by atoms with E-state index in [4.69, 9.17) is 10.8 Å². The predicted octanol–water partition coefficient (Wildman–Crippen LogP) is -0.357. The minimum Gasteiger partial charge on any atom is -0.481 e. The fourth-order valence-corrected chi connectivity index (χ4v) is 1.58. The number of nitrogens with one attached hydrogen (secondary N) is 2. The highest BCUT2D eigenvalue weighted by Crippen LogP contribution is 2.02. The topological polar surface area (TPSA) is 122 Å². The molecule has 7 heteroatoms. The van der Waals surface area contributed by atoms with Crippen LogP contribution >= 0.6 is 0 Å². The molecule has 0 aliphatic carbocycles. The Morgan fingerprint density at radius 2 is 1.71 bits per heavy atom. The van der Waals surface area contributed by atoms with Gasteiger partial charge in [0.05, 0.1) is 12.5 Å². The fraction of sp³-hybridized carbons (Fsp3) is 0.357. The van der Waals surface area contributed by atoms with E-state index in [0.29, 0.717) is 5.56 Å². The van der Waals surface area contributed by atoms with Crippen LogP contribution in [0.2, 0.25) is 0 Å². The van der Waals surface area contributed by atoms with Gasteiger partial charge < -0.3 is 21.5 Å². The Kier molecular flexibility index (Phi) is 6.35. The molecule has 0 fully saturated rings. The van der Waals surface area contributed by atoms with E-state index in [0.717, 1.165) is 5.56 Å². The van der Waals surface area contributed by atoms with E-state index in [1.807, 2.05) is 19.1 Å². The summed E-state index contributed by atoms with van der Waals surface area (Å²) in [4.78, 5) is 33.6. The number of carbonyl (C=O) groups excluding carboxylic acids is 2. The minimum atomic E-state index is -1.13. The lowest BCUT2D eigenvalue weighted by atomic mass is 10.1. The Labute approximate surface area is 122 Å². The highest BCUT2D eigenvalue weighted by Gasteiger charge is 2.16. The predicted molar refractivity (Wildman–Crippen MR) is 76.8 cm³/mol. The van der Waals surface area contributed by atoms with Crippen LogP contribution in [0.25, 0.3) is 0 Å². The molecule has 1 aromatic rings. The number of hydrogen-bond acceptors (Lipinski definition) is 4. The van der Waals surface area contributed by atoms with Gasteiger partial charge in [-0.25, -0.2) is 0 Å². The second kappa shape index (κ2) is 8.01. The van der Waals surface area contributed by atoms with Gasteiger partial charge in [-0.15, -0.1) is 0 Å². The summed E-state index contributed by atoms with van der Waals surface area (Å²) in [6, 6.07) is 6.01. The normalized spacial score (nSPS) is 11.5. The summed E-state index contributed by atoms with van der Waals surface area (Å²) in [5, 5.41) is 13.6. The molecule has 0 saturated heterocycles. The van der Waals surface area contributed by atoms with Crippen molar-refractivity contribution in [2.45, 2.75) is 19.4 Å². The molecule has 114 valence electrons. The van der Waals surface area contributed by atoms with Gasteiger partial charge in [0.25, 0.3) is 5.91 Å². The highest BCUT2D eigenvalue weighted by atomic mass is 16.4. The van der Waals surface area contributed by atoms with E-state index < -0.39 is 24.3 Å². The number of rotatable bonds is 7. The lowest BCUT2D eigenvalue weighted by Gasteiger charge is -2.10. The van der Waals surface area contributed by atoms with Crippen LogP contribution < -0.4 is 16.4 Å². The number of aryl methyl sites for hydroxylation is 1. The van der Waals surface area contributed by atoms with Crippen LogP contribution in [0.3, 0.4) is 0 Å². The first kappa shape index (κ1) is 16.6. The third kappa shape index (κ3) is 6.05. The Balaban J connectivity index is 2.27. The van der Waals surface area contributed by atoms with E-state index in [1.165, 1.54) is 0 Å². The zero-order valence-corrected chi connectivity index (χ0v) is 11.8. The largest absolute Gasteiger partial charge is 0.481 e. The number of carboxylic acids is 1. The van der Waals surface area contributed by atoms with Gasteiger partial charge in [-0.3, -0.25) is 14.4 Å². The van der Waals surface area contributed by atoms with Crippen molar-refractivity contribution in [1.82, 2.24) is 10.6 Å². The third-order valence-electron chi connectivity index (χ3n) is 2.75. The zero-order chi connectivity index (χ0) is 15.8. The Morgan fingerprint density at radius 1 is 1.14 bits per heavy atom. The summed E-state index contributed by atoms with van der Waals surface area (Å²) in [6.07, 6.45) is -0.429. The fourth-order valence-electron chi connectivity index (χ4n) is 1.58. The maximum atomic E-state index is 11.8. The van der Waals surface area contributed by atoms with Crippen molar-refractivity contribution in [1.29, 1.82) is 0 Å². The standard InChI is InChI=1S/C14H19N3O4/c1-9-2-4-10(5-3-9)13(20)16-6-7-17-14(21)11(15)8-12(18)19/h2-5,11H,6-8,15H2,1H3,(H,16,20)(H,17,21)(H,18,19). The number of carbonyl (C=O) groups is 3. The summed E-state index contributed by atoms with van der Waals surface area (Å²) < 4.78 is 0. The Bertz CT molecular complexity index is 513. The van der Waals surface area contributed by atoms with Gasteiger partial charge in [0.15, 0.2) is 0 Å². The monoisotopic (exact) mass is 293 g/mol. The summed E-state index contributed by atoms with van der Waals surface area (Å²) in [5.41, 5.74) is 6.98. The van der Waals surface area contributed by atoms with Crippen molar-refractivity contribution >= 4 is 17.8 Å². The molecule has 0 heterocycles. The summed E-state index contributed by atoms with van der Waals surface area (Å²) >= 11 is 0. The first-order chi connectivity index (χ1) is 9.90. The Morgan fingerprint density at radius 3 is 2.29 bits per heavy atom. The molecule has 1 atom stereocenters. The molecule has 2 amide bonds. The minimum absolute atomic E-state index is 0.184. The number of hydrogen-bond donors (Lipinski definition) is 4. The van der Waals surface area contributed by atoms with Gasteiger partial charge in [0.2, 0.25) is 5.91 Å². The first-order valence-corrected chi connectivity index (χ1v) is 6.50. The van der Waals surface area contributed by atoms with Crippen molar-refractivity contribution in [3.8, 4) is 0 Å². The zero-order valence-electron chi connectivity index (χ0n) is 11.8. The van der Waals surface area contributed by atoms with Crippen LogP contribution in [0.1, 0.15) is 22.3 Å². The van der Waals surface area contributed by atoms with E-state index in [-0.39, 0.29) is 19.0 Å². The van der Waals surface area contributed by atoms with Crippen LogP contribution in [0.5, 0.6) is 0 Å². The average Bonchev–Trinajstić information content (AvgIpc) is 2.43. The van der Waals surface area contributed by atoms with E-state index in [2.05, 4.69) is 10.6 Å². The van der Waals surface area contributed by atoms with Crippen LogP contribution in [0.15, 0.2) is 24.3 Å². The van der Waals surface area contributed by atoms with Crippen molar-refractivity contribution in [3.05, 3.63) is 35.4 Å². The second-order valence-electron chi connectivity index (χ2n) is 4.62. The van der Waals surface area contributed by atoms with Crippen molar-refractivity contribution in [3.63, 3.8) is 0 Å². The summed E-state index contributed by atoms with van der Waals surface area (Å²) in [7, 11) is 0. The van der Waals surface area contributed by atoms with Crippen molar-refractivity contribution in [2.75, 3.05) is 13.1 Å². The van der Waals surface area contributed by atoms with E-state index >= 15 is 0 Å². The highest BCUT2D eigenvalue weighted by molar-refractivity contribution is 5.94. The number of amides is 2. The maximum Gasteiger partial charge on any atom is 0.305 e. The van der Waals surface area contributed by atoms with Crippen LogP contribution in [-0.4, -0.2) is 42.0 Å². The molecule has 1 aromatic carbocycles. The van der Waals surface area contributed by atoms with Gasteiger partial charge in [0, 0.05) is 18.7 Å². The maximum absolute atomic E-state index is 11.8. The number of carboxylic acid groups (broad SMARTS) is 1. The third-order valence-corrected chi connectivity index (χ3v) is 2.75. The lowest BCUT2D eigenvalue weighted by molar-refractivity contribution is -0.139.